The lowest BCUT2D eigenvalue weighted by atomic mass is 10.1. The molecule has 0 amide bonds. The van der Waals surface area contributed by atoms with E-state index in [0.29, 0.717) is 32.0 Å². The van der Waals surface area contributed by atoms with Gasteiger partial charge in [0, 0.05) is 6.04 Å². The number of halogens is 6. The molecule has 1 fully saturated rings. The highest BCUT2D eigenvalue weighted by molar-refractivity contribution is 5.77. The van der Waals surface area contributed by atoms with Crippen molar-refractivity contribution in [2.45, 2.75) is 31.2 Å². The van der Waals surface area contributed by atoms with Gasteiger partial charge in [-0.05, 0) is 44.1 Å². The molecule has 2 heterocycles. The van der Waals surface area contributed by atoms with Gasteiger partial charge in [0.25, 0.3) is 0 Å². The van der Waals surface area contributed by atoms with Crippen molar-refractivity contribution in [2.24, 2.45) is 0 Å². The van der Waals surface area contributed by atoms with E-state index in [-0.39, 0.29) is 11.0 Å². The number of hydrogen-bond donors (Lipinski definition) is 1. The van der Waals surface area contributed by atoms with Gasteiger partial charge in [-0.1, -0.05) is 0 Å². The zero-order chi connectivity index (χ0) is 16.8. The van der Waals surface area contributed by atoms with Gasteiger partial charge >= 0.3 is 12.4 Å². The summed E-state index contributed by atoms with van der Waals surface area (Å²) in [5.41, 5.74) is -1.21. The van der Waals surface area contributed by atoms with Crippen LogP contribution in [0, 0.1) is 0 Å². The molecule has 2 aromatic rings. The molecule has 1 N–H and O–H groups in total. The molecule has 0 radical (unpaired) electrons. The molecule has 0 unspecified atom stereocenters. The SMILES string of the molecule is FC(F)(F)c1ccc2c(c1)nc(C(F)(F)F)n2C1CCNCC1. The third-order valence-electron chi connectivity index (χ3n) is 3.94. The summed E-state index contributed by atoms with van der Waals surface area (Å²) in [6, 6.07) is 2.10. The first-order valence-electron chi connectivity index (χ1n) is 7.05. The summed E-state index contributed by atoms with van der Waals surface area (Å²) in [4.78, 5) is 3.45. The molecule has 3 nitrogen and oxygen atoms in total. The molecule has 1 aliphatic rings. The van der Waals surface area contributed by atoms with E-state index in [4.69, 9.17) is 0 Å². The summed E-state index contributed by atoms with van der Waals surface area (Å²) >= 11 is 0. The Morgan fingerprint density at radius 1 is 1.00 bits per heavy atom. The molecule has 3 rings (SSSR count). The Hall–Kier alpha value is -1.77. The van der Waals surface area contributed by atoms with E-state index >= 15 is 0 Å². The summed E-state index contributed by atoms with van der Waals surface area (Å²) in [6.45, 7) is 1.12. The average Bonchev–Trinajstić information content (AvgIpc) is 2.86. The highest BCUT2D eigenvalue weighted by Crippen LogP contribution is 2.38. The van der Waals surface area contributed by atoms with E-state index in [1.807, 2.05) is 0 Å². The fraction of sp³-hybridized carbons (Fsp3) is 0.500. The quantitative estimate of drug-likeness (QED) is 0.797. The summed E-state index contributed by atoms with van der Waals surface area (Å²) < 4.78 is 79.0. The van der Waals surface area contributed by atoms with Crippen LogP contribution in [0.5, 0.6) is 0 Å². The van der Waals surface area contributed by atoms with Crippen LogP contribution >= 0.6 is 0 Å². The number of aromatic nitrogens is 2. The van der Waals surface area contributed by atoms with Gasteiger partial charge in [-0.3, -0.25) is 0 Å². The molecule has 1 saturated heterocycles. The van der Waals surface area contributed by atoms with E-state index in [2.05, 4.69) is 10.3 Å². The molecular formula is C14H13F6N3. The smallest absolute Gasteiger partial charge is 0.317 e. The number of fused-ring (bicyclic) bond motifs is 1. The topological polar surface area (TPSA) is 29.9 Å². The van der Waals surface area contributed by atoms with Gasteiger partial charge < -0.3 is 9.88 Å². The Balaban J connectivity index is 2.18. The third kappa shape index (κ3) is 3.01. The molecule has 1 aliphatic heterocycles. The van der Waals surface area contributed by atoms with E-state index in [1.165, 1.54) is 0 Å². The van der Waals surface area contributed by atoms with E-state index in [0.717, 1.165) is 16.7 Å². The van der Waals surface area contributed by atoms with E-state index in [1.54, 1.807) is 0 Å². The molecule has 0 aliphatic carbocycles. The number of rotatable bonds is 1. The lowest BCUT2D eigenvalue weighted by Gasteiger charge is -2.26. The van der Waals surface area contributed by atoms with Crippen LogP contribution in [-0.2, 0) is 12.4 Å². The van der Waals surface area contributed by atoms with Crippen molar-refractivity contribution >= 4 is 11.0 Å². The van der Waals surface area contributed by atoms with Crippen LogP contribution in [0.2, 0.25) is 0 Å². The maximum absolute atomic E-state index is 13.3. The van der Waals surface area contributed by atoms with Gasteiger partial charge in [0.05, 0.1) is 16.6 Å². The molecule has 0 atom stereocenters. The van der Waals surface area contributed by atoms with Crippen LogP contribution in [-0.4, -0.2) is 22.6 Å². The highest BCUT2D eigenvalue weighted by atomic mass is 19.4. The van der Waals surface area contributed by atoms with Crippen molar-refractivity contribution in [1.29, 1.82) is 0 Å². The Kier molecular flexibility index (Phi) is 3.78. The summed E-state index contributed by atoms with van der Waals surface area (Å²) in [5.74, 6) is -1.14. The molecule has 1 aromatic heterocycles. The Labute approximate surface area is 127 Å². The third-order valence-corrected chi connectivity index (χ3v) is 3.94. The number of nitrogens with zero attached hydrogens (tertiary/aromatic N) is 2. The summed E-state index contributed by atoms with van der Waals surface area (Å²) in [6.07, 6.45) is -8.40. The minimum atomic E-state index is -4.72. The van der Waals surface area contributed by atoms with E-state index < -0.39 is 29.8 Å². The van der Waals surface area contributed by atoms with Crippen molar-refractivity contribution in [3.63, 3.8) is 0 Å². The van der Waals surface area contributed by atoms with Gasteiger partial charge in [-0.25, -0.2) is 4.98 Å². The molecular weight excluding hydrogens is 324 g/mol. The van der Waals surface area contributed by atoms with E-state index in [9.17, 15) is 26.3 Å². The minimum Gasteiger partial charge on any atom is -0.317 e. The Morgan fingerprint density at radius 3 is 2.22 bits per heavy atom. The summed E-state index contributed by atoms with van der Waals surface area (Å²) in [5, 5.41) is 3.05. The van der Waals surface area contributed by atoms with Crippen LogP contribution < -0.4 is 5.32 Å². The van der Waals surface area contributed by atoms with Crippen molar-refractivity contribution in [1.82, 2.24) is 14.9 Å². The predicted octanol–water partition coefficient (Wildman–Crippen LogP) is 4.00. The lowest BCUT2D eigenvalue weighted by Crippen LogP contribution is -2.31. The maximum Gasteiger partial charge on any atom is 0.449 e. The number of benzene rings is 1. The average molecular weight is 337 g/mol. The van der Waals surface area contributed by atoms with Crippen LogP contribution in [0.3, 0.4) is 0 Å². The number of hydrogen-bond acceptors (Lipinski definition) is 2. The molecule has 23 heavy (non-hydrogen) atoms. The second kappa shape index (κ2) is 5.40. The van der Waals surface area contributed by atoms with Crippen LogP contribution in [0.25, 0.3) is 11.0 Å². The fourth-order valence-corrected chi connectivity index (χ4v) is 2.91. The van der Waals surface area contributed by atoms with Gasteiger partial charge in [-0.15, -0.1) is 0 Å². The molecule has 9 heteroatoms. The molecule has 1 aromatic carbocycles. The zero-order valence-corrected chi connectivity index (χ0v) is 11.8. The van der Waals surface area contributed by atoms with Crippen LogP contribution in [0.15, 0.2) is 18.2 Å². The highest BCUT2D eigenvalue weighted by Gasteiger charge is 2.40. The molecule has 0 spiro atoms. The number of imidazole rings is 1. The zero-order valence-electron chi connectivity index (χ0n) is 11.8. The minimum absolute atomic E-state index is 0.0808. The van der Waals surface area contributed by atoms with Gasteiger partial charge in [0.1, 0.15) is 0 Å². The maximum atomic E-state index is 13.3. The predicted molar refractivity (Wildman–Crippen MR) is 70.9 cm³/mol. The second-order valence-corrected chi connectivity index (χ2v) is 5.49. The standard InChI is InChI=1S/C14H13F6N3/c15-13(16,17)8-1-2-11-10(7-8)22-12(14(18,19)20)23(11)9-3-5-21-6-4-9/h1-2,7,9,21H,3-6H2. The molecule has 0 bridgehead atoms. The van der Waals surface area contributed by atoms with Crippen molar-refractivity contribution < 1.29 is 26.3 Å². The summed E-state index contributed by atoms with van der Waals surface area (Å²) in [7, 11) is 0. The fourth-order valence-electron chi connectivity index (χ4n) is 2.91. The van der Waals surface area contributed by atoms with Gasteiger partial charge in [0.15, 0.2) is 0 Å². The molecule has 0 saturated carbocycles. The number of nitrogens with one attached hydrogen (secondary N) is 1. The van der Waals surface area contributed by atoms with Crippen molar-refractivity contribution in [3.05, 3.63) is 29.6 Å². The van der Waals surface area contributed by atoms with Gasteiger partial charge in [0.2, 0.25) is 5.82 Å². The monoisotopic (exact) mass is 337 g/mol. The van der Waals surface area contributed by atoms with Crippen LogP contribution in [0.1, 0.15) is 30.3 Å². The number of piperidine rings is 1. The second-order valence-electron chi connectivity index (χ2n) is 5.49. The van der Waals surface area contributed by atoms with Crippen molar-refractivity contribution in [2.75, 3.05) is 13.1 Å². The normalized spacial score (nSPS) is 17.8. The Bertz CT molecular complexity index is 710. The van der Waals surface area contributed by atoms with Crippen molar-refractivity contribution in [3.8, 4) is 0 Å². The molecule has 126 valence electrons. The van der Waals surface area contributed by atoms with Crippen LogP contribution in [0.4, 0.5) is 26.3 Å². The first-order chi connectivity index (χ1) is 10.7. The first kappa shape index (κ1) is 16.1. The lowest BCUT2D eigenvalue weighted by molar-refractivity contribution is -0.147. The largest absolute Gasteiger partial charge is 0.449 e. The first-order valence-corrected chi connectivity index (χ1v) is 7.05. The number of alkyl halides is 6. The Morgan fingerprint density at radius 2 is 1.65 bits per heavy atom. The van der Waals surface area contributed by atoms with Gasteiger partial charge in [-0.2, -0.15) is 26.3 Å².